The van der Waals surface area contributed by atoms with Gasteiger partial charge in [-0.2, -0.15) is 13.2 Å². The maximum absolute atomic E-state index is 13.2. The Balaban J connectivity index is 1.58. The number of carboxylic acids is 1. The standard InChI is InChI=1S/C22H15ClF3N3O4/c23-19-5-3-15(9-18(19)22(24,25)26)28-10-12-1-2-14(7-13(12)11-28)27-20-6-4-16(29(32)33)8-17(20)21(30)31/h1-9,27H,10-11H2,(H,30,31). The average Bonchev–Trinajstić information content (AvgIpc) is 3.16. The number of hydrogen-bond donors (Lipinski definition) is 2. The summed E-state index contributed by atoms with van der Waals surface area (Å²) in [5.74, 6) is -1.32. The van der Waals surface area contributed by atoms with Crippen LogP contribution >= 0.6 is 11.6 Å². The number of nitro benzene ring substituents is 1. The first-order valence-electron chi connectivity index (χ1n) is 9.55. The van der Waals surface area contributed by atoms with Crippen LogP contribution in [0, 0.1) is 10.1 Å². The van der Waals surface area contributed by atoms with E-state index in [-0.39, 0.29) is 22.0 Å². The third-order valence-electron chi connectivity index (χ3n) is 5.27. The Hall–Kier alpha value is -3.79. The first kappa shape index (κ1) is 22.4. The smallest absolute Gasteiger partial charge is 0.417 e. The van der Waals surface area contributed by atoms with Gasteiger partial charge in [0.25, 0.3) is 5.69 Å². The zero-order valence-electron chi connectivity index (χ0n) is 16.7. The van der Waals surface area contributed by atoms with Gasteiger partial charge in [0.05, 0.1) is 26.8 Å². The van der Waals surface area contributed by atoms with Crippen LogP contribution in [0.4, 0.5) is 35.9 Å². The molecule has 3 aromatic carbocycles. The summed E-state index contributed by atoms with van der Waals surface area (Å²) in [6, 6.07) is 12.5. The molecule has 0 aliphatic carbocycles. The van der Waals surface area contributed by atoms with Crippen molar-refractivity contribution in [3.63, 3.8) is 0 Å². The SMILES string of the molecule is O=C(O)c1cc([N+](=O)[O-])ccc1Nc1ccc2c(c1)CN(c1ccc(Cl)c(C(F)(F)F)c1)C2. The molecule has 1 heterocycles. The number of rotatable bonds is 5. The molecule has 1 aliphatic heterocycles. The Kier molecular flexibility index (Phi) is 5.62. The monoisotopic (exact) mass is 477 g/mol. The molecule has 0 spiro atoms. The van der Waals surface area contributed by atoms with E-state index in [4.69, 9.17) is 11.6 Å². The first-order valence-corrected chi connectivity index (χ1v) is 9.93. The van der Waals surface area contributed by atoms with E-state index in [2.05, 4.69) is 5.32 Å². The van der Waals surface area contributed by atoms with Crippen LogP contribution in [0.3, 0.4) is 0 Å². The van der Waals surface area contributed by atoms with Crippen LogP contribution in [0.2, 0.25) is 5.02 Å². The van der Waals surface area contributed by atoms with Gasteiger partial charge in [0.2, 0.25) is 0 Å². The molecule has 0 bridgehead atoms. The molecule has 0 atom stereocenters. The van der Waals surface area contributed by atoms with Crippen LogP contribution in [0.1, 0.15) is 27.0 Å². The van der Waals surface area contributed by atoms with Crippen LogP contribution in [-0.2, 0) is 19.3 Å². The lowest BCUT2D eigenvalue weighted by atomic mass is 10.1. The molecule has 170 valence electrons. The summed E-state index contributed by atoms with van der Waals surface area (Å²) in [5, 5.41) is 22.9. The van der Waals surface area contributed by atoms with E-state index in [0.717, 1.165) is 23.3 Å². The van der Waals surface area contributed by atoms with Crippen LogP contribution < -0.4 is 10.2 Å². The Bertz CT molecular complexity index is 1280. The zero-order valence-corrected chi connectivity index (χ0v) is 17.4. The number of fused-ring (bicyclic) bond motifs is 1. The number of nitro groups is 1. The van der Waals surface area contributed by atoms with Gasteiger partial charge in [0.1, 0.15) is 0 Å². The van der Waals surface area contributed by atoms with Crippen molar-refractivity contribution in [2.24, 2.45) is 0 Å². The fourth-order valence-electron chi connectivity index (χ4n) is 3.67. The van der Waals surface area contributed by atoms with E-state index in [1.54, 1.807) is 23.1 Å². The molecule has 0 aromatic heterocycles. The number of nitrogens with one attached hydrogen (secondary N) is 1. The predicted octanol–water partition coefficient (Wildman–Crippen LogP) is 6.23. The number of hydrogen-bond acceptors (Lipinski definition) is 5. The van der Waals surface area contributed by atoms with Gasteiger partial charge in [-0.15, -0.1) is 0 Å². The van der Waals surface area contributed by atoms with Crippen molar-refractivity contribution in [2.45, 2.75) is 19.3 Å². The summed E-state index contributed by atoms with van der Waals surface area (Å²) in [4.78, 5) is 23.6. The highest BCUT2D eigenvalue weighted by molar-refractivity contribution is 6.31. The van der Waals surface area contributed by atoms with Gasteiger partial charge in [0, 0.05) is 36.6 Å². The number of anilines is 3. The molecule has 0 radical (unpaired) electrons. The van der Waals surface area contributed by atoms with Crippen molar-refractivity contribution < 1.29 is 28.0 Å². The molecule has 0 amide bonds. The molecule has 11 heteroatoms. The summed E-state index contributed by atoms with van der Waals surface area (Å²) in [5.41, 5.74) is 1.35. The number of aromatic carboxylic acids is 1. The fourth-order valence-corrected chi connectivity index (χ4v) is 3.89. The van der Waals surface area contributed by atoms with E-state index in [1.165, 1.54) is 24.3 Å². The Morgan fingerprint density at radius 1 is 1.06 bits per heavy atom. The highest BCUT2D eigenvalue weighted by atomic mass is 35.5. The zero-order chi connectivity index (χ0) is 23.9. The van der Waals surface area contributed by atoms with Gasteiger partial charge in [-0.25, -0.2) is 4.79 Å². The Morgan fingerprint density at radius 3 is 2.45 bits per heavy atom. The fraction of sp³-hybridized carbons (Fsp3) is 0.136. The molecule has 4 rings (SSSR count). The number of carbonyl (C=O) groups is 1. The van der Waals surface area contributed by atoms with Crippen LogP contribution in [0.5, 0.6) is 0 Å². The van der Waals surface area contributed by atoms with Gasteiger partial charge in [-0.05, 0) is 47.5 Å². The van der Waals surface area contributed by atoms with Crippen molar-refractivity contribution in [2.75, 3.05) is 10.2 Å². The Morgan fingerprint density at radius 2 is 1.79 bits per heavy atom. The molecule has 0 saturated heterocycles. The van der Waals surface area contributed by atoms with Crippen LogP contribution in [0.25, 0.3) is 0 Å². The Labute approximate surface area is 190 Å². The molecule has 33 heavy (non-hydrogen) atoms. The third-order valence-corrected chi connectivity index (χ3v) is 5.60. The lowest BCUT2D eigenvalue weighted by Gasteiger charge is -2.20. The highest BCUT2D eigenvalue weighted by Crippen LogP contribution is 2.39. The van der Waals surface area contributed by atoms with Crippen molar-refractivity contribution in [1.82, 2.24) is 0 Å². The number of nitrogens with zero attached hydrogens (tertiary/aromatic N) is 2. The molecule has 2 N–H and O–H groups in total. The normalized spacial score (nSPS) is 13.0. The van der Waals surface area contributed by atoms with E-state index in [0.29, 0.717) is 24.5 Å². The quantitative estimate of drug-likeness (QED) is 0.334. The minimum atomic E-state index is -4.57. The second-order valence-electron chi connectivity index (χ2n) is 7.42. The van der Waals surface area contributed by atoms with Gasteiger partial charge >= 0.3 is 12.1 Å². The maximum atomic E-state index is 13.2. The van der Waals surface area contributed by atoms with Crippen molar-refractivity contribution in [1.29, 1.82) is 0 Å². The van der Waals surface area contributed by atoms with Crippen LogP contribution in [-0.4, -0.2) is 16.0 Å². The summed E-state index contributed by atoms with van der Waals surface area (Å²) >= 11 is 5.71. The maximum Gasteiger partial charge on any atom is 0.417 e. The van der Waals surface area contributed by atoms with Gasteiger partial charge in [-0.3, -0.25) is 10.1 Å². The van der Waals surface area contributed by atoms with Gasteiger partial charge < -0.3 is 15.3 Å². The molecular weight excluding hydrogens is 463 g/mol. The third kappa shape index (κ3) is 4.56. The lowest BCUT2D eigenvalue weighted by molar-refractivity contribution is -0.384. The second kappa shape index (κ2) is 8.28. The minimum absolute atomic E-state index is 0.176. The second-order valence-corrected chi connectivity index (χ2v) is 7.83. The molecule has 3 aromatic rings. The minimum Gasteiger partial charge on any atom is -0.478 e. The van der Waals surface area contributed by atoms with Crippen molar-refractivity contribution in [3.8, 4) is 0 Å². The highest BCUT2D eigenvalue weighted by Gasteiger charge is 2.34. The largest absolute Gasteiger partial charge is 0.478 e. The van der Waals surface area contributed by atoms with E-state index in [9.17, 15) is 33.2 Å². The summed E-state index contributed by atoms with van der Waals surface area (Å²) in [7, 11) is 0. The summed E-state index contributed by atoms with van der Waals surface area (Å²) < 4.78 is 39.6. The van der Waals surface area contributed by atoms with E-state index in [1.807, 2.05) is 0 Å². The molecule has 1 aliphatic rings. The molecule has 0 fully saturated rings. The molecule has 7 nitrogen and oxygen atoms in total. The van der Waals surface area contributed by atoms with Crippen LogP contribution in [0.15, 0.2) is 54.6 Å². The van der Waals surface area contributed by atoms with Crippen molar-refractivity contribution >= 4 is 40.3 Å². The first-order chi connectivity index (χ1) is 15.5. The lowest BCUT2D eigenvalue weighted by Crippen LogP contribution is -2.16. The van der Waals surface area contributed by atoms with E-state index < -0.39 is 22.6 Å². The number of halogens is 4. The molecule has 0 unspecified atom stereocenters. The predicted molar refractivity (Wildman–Crippen MR) is 116 cm³/mol. The number of carboxylic acid groups (broad SMARTS) is 1. The average molecular weight is 478 g/mol. The topological polar surface area (TPSA) is 95.7 Å². The number of benzene rings is 3. The molecule has 0 saturated carbocycles. The summed E-state index contributed by atoms with van der Waals surface area (Å²) in [6.45, 7) is 0.738. The number of alkyl halides is 3. The van der Waals surface area contributed by atoms with Gasteiger partial charge in [0.15, 0.2) is 0 Å². The van der Waals surface area contributed by atoms with Gasteiger partial charge in [-0.1, -0.05) is 17.7 Å². The van der Waals surface area contributed by atoms with E-state index >= 15 is 0 Å². The summed E-state index contributed by atoms with van der Waals surface area (Å²) in [6.07, 6.45) is -4.57. The number of non-ortho nitro benzene ring substituents is 1. The molecular formula is C22H15ClF3N3O4. The van der Waals surface area contributed by atoms with Crippen molar-refractivity contribution in [3.05, 3.63) is 92.0 Å².